The summed E-state index contributed by atoms with van der Waals surface area (Å²) >= 11 is 0. The number of halogens is 1. The van der Waals surface area contributed by atoms with Crippen molar-refractivity contribution >= 4 is 0 Å². The lowest BCUT2D eigenvalue weighted by Crippen LogP contribution is -2.30. The van der Waals surface area contributed by atoms with E-state index in [0.29, 0.717) is 18.5 Å². The van der Waals surface area contributed by atoms with Gasteiger partial charge in [-0.05, 0) is 64.5 Å². The van der Waals surface area contributed by atoms with E-state index in [2.05, 4.69) is 17.7 Å². The molecule has 0 aromatic heterocycles. The van der Waals surface area contributed by atoms with E-state index in [4.69, 9.17) is 15.9 Å². The van der Waals surface area contributed by atoms with E-state index < -0.39 is 0 Å². The molecule has 1 fully saturated rings. The van der Waals surface area contributed by atoms with Gasteiger partial charge in [-0.25, -0.2) is 4.39 Å². The van der Waals surface area contributed by atoms with Crippen LogP contribution in [0.25, 0.3) is 0 Å². The summed E-state index contributed by atoms with van der Waals surface area (Å²) in [6.45, 7) is 3.64. The SMILES string of the molecule is C#CCCN(C)C.C[C@@H]1CCC[C@@H](COc2ccc(F)cc2)O1. The number of ether oxygens (including phenoxy) is 2. The lowest BCUT2D eigenvalue weighted by Gasteiger charge is -2.27. The quantitative estimate of drug-likeness (QED) is 0.771. The van der Waals surface area contributed by atoms with Crippen LogP contribution in [0.2, 0.25) is 0 Å². The Bertz CT molecular complexity index is 467. The van der Waals surface area contributed by atoms with Crippen LogP contribution in [0.3, 0.4) is 0 Å². The predicted molar refractivity (Wildman–Crippen MR) is 92.1 cm³/mol. The highest BCUT2D eigenvalue weighted by Crippen LogP contribution is 2.20. The van der Waals surface area contributed by atoms with Gasteiger partial charge in [0, 0.05) is 13.0 Å². The molecule has 0 amide bonds. The highest BCUT2D eigenvalue weighted by molar-refractivity contribution is 5.22. The van der Waals surface area contributed by atoms with Crippen LogP contribution in [-0.4, -0.2) is 44.4 Å². The van der Waals surface area contributed by atoms with Crippen molar-refractivity contribution in [1.82, 2.24) is 4.90 Å². The number of nitrogens with zero attached hydrogens (tertiary/aromatic N) is 1. The second kappa shape index (κ2) is 11.0. The number of benzene rings is 1. The monoisotopic (exact) mass is 321 g/mol. The van der Waals surface area contributed by atoms with Gasteiger partial charge in [0.2, 0.25) is 0 Å². The molecule has 1 heterocycles. The molecule has 23 heavy (non-hydrogen) atoms. The summed E-state index contributed by atoms with van der Waals surface area (Å²) in [6, 6.07) is 6.09. The van der Waals surface area contributed by atoms with Crippen molar-refractivity contribution in [2.24, 2.45) is 0 Å². The molecule has 0 aliphatic carbocycles. The maximum absolute atomic E-state index is 12.7. The maximum Gasteiger partial charge on any atom is 0.123 e. The zero-order chi connectivity index (χ0) is 17.1. The topological polar surface area (TPSA) is 21.7 Å². The van der Waals surface area contributed by atoms with E-state index in [1.165, 1.54) is 18.6 Å². The standard InChI is InChI=1S/C13H17FO2.C6H11N/c1-10-3-2-4-13(16-10)9-15-12-7-5-11(14)6-8-12;1-4-5-6-7(2)3/h5-8,10,13H,2-4,9H2,1H3;1H,5-6H2,2-3H3/t10-,13+;/m1./s1. The molecule has 2 rings (SSSR count). The molecule has 128 valence electrons. The number of hydrogen-bond donors (Lipinski definition) is 0. The van der Waals surface area contributed by atoms with Gasteiger partial charge in [-0.1, -0.05) is 0 Å². The van der Waals surface area contributed by atoms with Crippen molar-refractivity contribution in [3.63, 3.8) is 0 Å². The highest BCUT2D eigenvalue weighted by atomic mass is 19.1. The van der Waals surface area contributed by atoms with Gasteiger partial charge in [-0.2, -0.15) is 0 Å². The fourth-order valence-electron chi connectivity index (χ4n) is 2.23. The van der Waals surface area contributed by atoms with Gasteiger partial charge in [0.25, 0.3) is 0 Å². The first-order valence-corrected chi connectivity index (χ1v) is 8.13. The normalized spacial score (nSPS) is 20.3. The van der Waals surface area contributed by atoms with Crippen molar-refractivity contribution in [1.29, 1.82) is 0 Å². The third-order valence-corrected chi connectivity index (χ3v) is 3.51. The van der Waals surface area contributed by atoms with Crippen LogP contribution in [0.1, 0.15) is 32.6 Å². The molecule has 0 saturated carbocycles. The van der Waals surface area contributed by atoms with Gasteiger partial charge < -0.3 is 14.4 Å². The highest BCUT2D eigenvalue weighted by Gasteiger charge is 2.19. The summed E-state index contributed by atoms with van der Waals surface area (Å²) in [5.74, 6) is 3.01. The van der Waals surface area contributed by atoms with Crippen LogP contribution in [0.4, 0.5) is 4.39 Å². The third-order valence-electron chi connectivity index (χ3n) is 3.51. The molecular weight excluding hydrogens is 293 g/mol. The third kappa shape index (κ3) is 9.22. The van der Waals surface area contributed by atoms with E-state index in [9.17, 15) is 4.39 Å². The smallest absolute Gasteiger partial charge is 0.123 e. The minimum atomic E-state index is -0.241. The van der Waals surface area contributed by atoms with Gasteiger partial charge in [0.1, 0.15) is 18.2 Å². The van der Waals surface area contributed by atoms with Gasteiger partial charge >= 0.3 is 0 Å². The average molecular weight is 321 g/mol. The Labute approximate surface area is 139 Å². The van der Waals surface area contributed by atoms with Crippen molar-refractivity contribution in [2.75, 3.05) is 27.2 Å². The van der Waals surface area contributed by atoms with Crippen LogP contribution in [0.15, 0.2) is 24.3 Å². The Morgan fingerprint density at radius 2 is 2.00 bits per heavy atom. The molecule has 3 nitrogen and oxygen atoms in total. The maximum atomic E-state index is 12.7. The van der Waals surface area contributed by atoms with Crippen LogP contribution in [-0.2, 0) is 4.74 Å². The summed E-state index contributed by atoms with van der Waals surface area (Å²) in [4.78, 5) is 2.07. The van der Waals surface area contributed by atoms with Crippen LogP contribution < -0.4 is 4.74 Å². The van der Waals surface area contributed by atoms with E-state index >= 15 is 0 Å². The number of rotatable bonds is 5. The Kier molecular flexibility index (Phi) is 9.35. The summed E-state index contributed by atoms with van der Waals surface area (Å²) in [5, 5.41) is 0. The second-order valence-electron chi connectivity index (χ2n) is 6.02. The lowest BCUT2D eigenvalue weighted by atomic mass is 10.1. The molecule has 1 saturated heterocycles. The van der Waals surface area contributed by atoms with Crippen molar-refractivity contribution in [3.8, 4) is 18.1 Å². The Hall–Kier alpha value is -1.57. The van der Waals surface area contributed by atoms with Crippen LogP contribution in [0.5, 0.6) is 5.75 Å². The Morgan fingerprint density at radius 1 is 1.30 bits per heavy atom. The van der Waals surface area contributed by atoms with Crippen molar-refractivity contribution < 1.29 is 13.9 Å². The molecule has 1 aliphatic heterocycles. The Balaban J connectivity index is 0.000000322. The minimum Gasteiger partial charge on any atom is -0.491 e. The molecule has 0 bridgehead atoms. The lowest BCUT2D eigenvalue weighted by molar-refractivity contribution is -0.0586. The molecule has 0 radical (unpaired) electrons. The summed E-state index contributed by atoms with van der Waals surface area (Å²) in [5.41, 5.74) is 0. The fraction of sp³-hybridized carbons (Fsp3) is 0.579. The zero-order valence-corrected chi connectivity index (χ0v) is 14.4. The van der Waals surface area contributed by atoms with Crippen LogP contribution >= 0.6 is 0 Å². The number of terminal acetylenes is 1. The molecule has 0 unspecified atom stereocenters. The first kappa shape index (κ1) is 19.5. The van der Waals surface area contributed by atoms with E-state index in [0.717, 1.165) is 25.8 Å². The van der Waals surface area contributed by atoms with Gasteiger partial charge in [-0.3, -0.25) is 0 Å². The van der Waals surface area contributed by atoms with E-state index in [1.54, 1.807) is 12.1 Å². The summed E-state index contributed by atoms with van der Waals surface area (Å²) < 4.78 is 23.9. The number of hydrogen-bond acceptors (Lipinski definition) is 3. The largest absolute Gasteiger partial charge is 0.491 e. The molecule has 0 N–H and O–H groups in total. The predicted octanol–water partition coefficient (Wildman–Crippen LogP) is 3.73. The molecule has 2 atom stereocenters. The molecule has 0 spiro atoms. The van der Waals surface area contributed by atoms with Gasteiger partial charge in [0.15, 0.2) is 0 Å². The zero-order valence-electron chi connectivity index (χ0n) is 14.4. The molecular formula is C19H28FNO2. The molecule has 1 aromatic rings. The summed E-state index contributed by atoms with van der Waals surface area (Å²) in [6.07, 6.45) is 9.73. The minimum absolute atomic E-state index is 0.175. The van der Waals surface area contributed by atoms with Gasteiger partial charge in [0.05, 0.1) is 12.2 Å². The van der Waals surface area contributed by atoms with Crippen molar-refractivity contribution in [2.45, 2.75) is 44.8 Å². The fourth-order valence-corrected chi connectivity index (χ4v) is 2.23. The van der Waals surface area contributed by atoms with Crippen molar-refractivity contribution in [3.05, 3.63) is 30.1 Å². The second-order valence-corrected chi connectivity index (χ2v) is 6.02. The Morgan fingerprint density at radius 3 is 2.52 bits per heavy atom. The molecule has 1 aliphatic rings. The summed E-state index contributed by atoms with van der Waals surface area (Å²) in [7, 11) is 4.02. The molecule has 4 heteroatoms. The van der Waals surface area contributed by atoms with E-state index in [-0.39, 0.29) is 11.9 Å². The van der Waals surface area contributed by atoms with Crippen LogP contribution in [0, 0.1) is 18.2 Å². The average Bonchev–Trinajstić information content (AvgIpc) is 2.53. The first-order chi connectivity index (χ1) is 11.0. The molecule has 1 aromatic carbocycles. The van der Waals surface area contributed by atoms with Gasteiger partial charge in [-0.15, -0.1) is 12.3 Å². The van der Waals surface area contributed by atoms with E-state index in [1.807, 2.05) is 14.1 Å². The first-order valence-electron chi connectivity index (χ1n) is 8.13.